The fourth-order valence-electron chi connectivity index (χ4n) is 1.36. The average Bonchev–Trinajstić information content (AvgIpc) is 2.77. The number of nitrogens with one attached hydrogen (secondary N) is 1. The highest BCUT2D eigenvalue weighted by Crippen LogP contribution is 2.09. The van der Waals surface area contributed by atoms with Crippen molar-refractivity contribution in [2.24, 2.45) is 5.92 Å². The van der Waals surface area contributed by atoms with Crippen LogP contribution in [0.2, 0.25) is 0 Å². The molecule has 1 heterocycles. The second-order valence-corrected chi connectivity index (χ2v) is 4.30. The van der Waals surface area contributed by atoms with Crippen LogP contribution in [0, 0.1) is 12.8 Å². The maximum atomic E-state index is 11.4. The minimum Gasteiger partial charge on any atom is -0.481 e. The number of ether oxygens (including phenoxy) is 1. The third-order valence-corrected chi connectivity index (χ3v) is 2.52. The number of rotatable bonds is 8. The quantitative estimate of drug-likeness (QED) is 0.683. The van der Waals surface area contributed by atoms with E-state index in [1.54, 1.807) is 19.9 Å². The number of aromatic nitrogens is 1. The average molecular weight is 270 g/mol. The van der Waals surface area contributed by atoms with E-state index in [0.29, 0.717) is 25.1 Å². The molecule has 0 saturated carbocycles. The van der Waals surface area contributed by atoms with Crippen molar-refractivity contribution >= 4 is 11.9 Å². The lowest BCUT2D eigenvalue weighted by Crippen LogP contribution is -2.30. The van der Waals surface area contributed by atoms with Gasteiger partial charge in [0.1, 0.15) is 5.76 Å². The number of aliphatic carboxylic acids is 1. The van der Waals surface area contributed by atoms with Crippen LogP contribution in [0.25, 0.3) is 0 Å². The Labute approximate surface area is 110 Å². The predicted octanol–water partition coefficient (Wildman–Crippen LogP) is 0.979. The van der Waals surface area contributed by atoms with Gasteiger partial charge in [-0.25, -0.2) is 0 Å². The number of hydrogen-bond donors (Lipinski definition) is 2. The zero-order valence-corrected chi connectivity index (χ0v) is 11.0. The van der Waals surface area contributed by atoms with Crippen molar-refractivity contribution in [2.75, 3.05) is 13.2 Å². The Morgan fingerprint density at radius 3 is 2.89 bits per heavy atom. The van der Waals surface area contributed by atoms with Gasteiger partial charge in [0.2, 0.25) is 0 Å². The molecular formula is C12H18N2O5. The fourth-order valence-corrected chi connectivity index (χ4v) is 1.36. The first-order chi connectivity index (χ1) is 8.99. The van der Waals surface area contributed by atoms with Crippen LogP contribution < -0.4 is 10.1 Å². The van der Waals surface area contributed by atoms with E-state index in [0.717, 1.165) is 0 Å². The van der Waals surface area contributed by atoms with Crippen LogP contribution in [0.1, 0.15) is 25.5 Å². The SMILES string of the molecule is Cc1cc(OCC(=O)NCCCC(C)C(=O)O)no1. The Bertz CT molecular complexity index is 430. The van der Waals surface area contributed by atoms with Crippen LogP contribution in [0.15, 0.2) is 10.6 Å². The molecule has 0 spiro atoms. The molecule has 0 fully saturated rings. The van der Waals surface area contributed by atoms with E-state index in [1.807, 2.05) is 0 Å². The van der Waals surface area contributed by atoms with E-state index in [1.165, 1.54) is 0 Å². The van der Waals surface area contributed by atoms with Crippen LogP contribution >= 0.6 is 0 Å². The Balaban J connectivity index is 2.10. The minimum atomic E-state index is -0.823. The van der Waals surface area contributed by atoms with E-state index in [4.69, 9.17) is 14.4 Å². The van der Waals surface area contributed by atoms with Crippen LogP contribution in [0.3, 0.4) is 0 Å². The maximum absolute atomic E-state index is 11.4. The standard InChI is InChI=1S/C12H18N2O5/c1-8(12(16)17)4-3-5-13-10(15)7-18-11-6-9(2)19-14-11/h6,8H,3-5,7H2,1-2H3,(H,13,15)(H,16,17). The molecule has 0 aromatic carbocycles. The monoisotopic (exact) mass is 270 g/mol. The van der Waals surface area contributed by atoms with Crippen molar-refractivity contribution in [3.05, 3.63) is 11.8 Å². The van der Waals surface area contributed by atoms with Gasteiger partial charge in [-0.2, -0.15) is 0 Å². The van der Waals surface area contributed by atoms with Gasteiger partial charge < -0.3 is 19.7 Å². The number of carbonyl (C=O) groups excluding carboxylic acids is 1. The molecular weight excluding hydrogens is 252 g/mol. The van der Waals surface area contributed by atoms with Crippen molar-refractivity contribution in [3.8, 4) is 5.88 Å². The number of amides is 1. The van der Waals surface area contributed by atoms with Gasteiger partial charge in [-0.3, -0.25) is 9.59 Å². The first kappa shape index (κ1) is 15.0. The number of aryl methyl sites for hydroxylation is 1. The summed E-state index contributed by atoms with van der Waals surface area (Å²) in [6, 6.07) is 1.59. The van der Waals surface area contributed by atoms with Gasteiger partial charge in [-0.15, -0.1) is 0 Å². The van der Waals surface area contributed by atoms with E-state index in [-0.39, 0.29) is 18.4 Å². The smallest absolute Gasteiger partial charge is 0.306 e. The molecule has 0 saturated heterocycles. The molecule has 7 nitrogen and oxygen atoms in total. The Kier molecular flexibility index (Phi) is 5.84. The molecule has 0 aliphatic carbocycles. The third kappa shape index (κ3) is 5.89. The maximum Gasteiger partial charge on any atom is 0.306 e. The first-order valence-electron chi connectivity index (χ1n) is 6.04. The van der Waals surface area contributed by atoms with Crippen molar-refractivity contribution < 1.29 is 24.0 Å². The van der Waals surface area contributed by atoms with Crippen molar-refractivity contribution in [2.45, 2.75) is 26.7 Å². The molecule has 1 rings (SSSR count). The summed E-state index contributed by atoms with van der Waals surface area (Å²) in [6.45, 7) is 3.65. The van der Waals surface area contributed by atoms with Gasteiger partial charge in [-0.05, 0) is 24.9 Å². The van der Waals surface area contributed by atoms with E-state index in [2.05, 4.69) is 10.5 Å². The number of nitrogens with zero attached hydrogens (tertiary/aromatic N) is 1. The predicted molar refractivity (Wildman–Crippen MR) is 65.8 cm³/mol. The highest BCUT2D eigenvalue weighted by molar-refractivity contribution is 5.77. The van der Waals surface area contributed by atoms with Crippen LogP contribution in [0.4, 0.5) is 0 Å². The second-order valence-electron chi connectivity index (χ2n) is 4.30. The van der Waals surface area contributed by atoms with Gasteiger partial charge >= 0.3 is 5.97 Å². The largest absolute Gasteiger partial charge is 0.481 e. The topological polar surface area (TPSA) is 102 Å². The lowest BCUT2D eigenvalue weighted by atomic mass is 10.1. The highest BCUT2D eigenvalue weighted by Gasteiger charge is 2.10. The molecule has 0 aliphatic heterocycles. The summed E-state index contributed by atoms with van der Waals surface area (Å²) in [6.07, 6.45) is 1.14. The van der Waals surface area contributed by atoms with Crippen LogP contribution in [-0.4, -0.2) is 35.3 Å². The van der Waals surface area contributed by atoms with Gasteiger partial charge in [-0.1, -0.05) is 6.92 Å². The second kappa shape index (κ2) is 7.40. The van der Waals surface area contributed by atoms with Crippen molar-refractivity contribution in [1.82, 2.24) is 10.5 Å². The fraction of sp³-hybridized carbons (Fsp3) is 0.583. The van der Waals surface area contributed by atoms with E-state index < -0.39 is 11.9 Å². The molecule has 0 bridgehead atoms. The highest BCUT2D eigenvalue weighted by atomic mass is 16.5. The van der Waals surface area contributed by atoms with Crippen LogP contribution in [-0.2, 0) is 9.59 Å². The van der Waals surface area contributed by atoms with Gasteiger partial charge in [0.25, 0.3) is 11.8 Å². The van der Waals surface area contributed by atoms with E-state index in [9.17, 15) is 9.59 Å². The molecule has 0 radical (unpaired) electrons. The Hall–Kier alpha value is -2.05. The van der Waals surface area contributed by atoms with Crippen molar-refractivity contribution in [1.29, 1.82) is 0 Å². The summed E-state index contributed by atoms with van der Waals surface area (Å²) in [7, 11) is 0. The summed E-state index contributed by atoms with van der Waals surface area (Å²) in [4.78, 5) is 22.0. The van der Waals surface area contributed by atoms with Gasteiger partial charge in [0.15, 0.2) is 6.61 Å². The van der Waals surface area contributed by atoms with E-state index >= 15 is 0 Å². The zero-order chi connectivity index (χ0) is 14.3. The minimum absolute atomic E-state index is 0.138. The lowest BCUT2D eigenvalue weighted by Gasteiger charge is -2.07. The van der Waals surface area contributed by atoms with Crippen molar-refractivity contribution in [3.63, 3.8) is 0 Å². The number of hydrogen-bond acceptors (Lipinski definition) is 5. The van der Waals surface area contributed by atoms with Gasteiger partial charge in [0, 0.05) is 12.6 Å². The number of carbonyl (C=O) groups is 2. The number of carboxylic acid groups (broad SMARTS) is 1. The lowest BCUT2D eigenvalue weighted by molar-refractivity contribution is -0.141. The third-order valence-electron chi connectivity index (χ3n) is 2.52. The summed E-state index contributed by atoms with van der Waals surface area (Å²) < 4.78 is 9.88. The molecule has 0 aliphatic rings. The number of carboxylic acids is 1. The molecule has 1 aromatic rings. The van der Waals surface area contributed by atoms with Crippen LogP contribution in [0.5, 0.6) is 5.88 Å². The van der Waals surface area contributed by atoms with Gasteiger partial charge in [0.05, 0.1) is 5.92 Å². The Morgan fingerprint density at radius 2 is 2.32 bits per heavy atom. The summed E-state index contributed by atoms with van der Waals surface area (Å²) in [5.41, 5.74) is 0. The molecule has 1 unspecified atom stereocenters. The molecule has 1 atom stereocenters. The normalized spacial score (nSPS) is 11.9. The first-order valence-corrected chi connectivity index (χ1v) is 6.04. The Morgan fingerprint density at radius 1 is 1.58 bits per heavy atom. The molecule has 1 aromatic heterocycles. The summed E-state index contributed by atoms with van der Waals surface area (Å²) in [5, 5.41) is 14.9. The molecule has 19 heavy (non-hydrogen) atoms. The molecule has 7 heteroatoms. The molecule has 106 valence electrons. The summed E-state index contributed by atoms with van der Waals surface area (Å²) >= 11 is 0. The summed E-state index contributed by atoms with van der Waals surface area (Å²) in [5.74, 6) is -0.615. The zero-order valence-electron chi connectivity index (χ0n) is 11.0. The molecule has 2 N–H and O–H groups in total. The molecule has 1 amide bonds.